The fraction of sp³-hybridized carbons (Fsp3) is 0.324. The minimum absolute atomic E-state index is 0.315. The van der Waals surface area contributed by atoms with Gasteiger partial charge in [-0.1, -0.05) is 85.6 Å². The lowest BCUT2D eigenvalue weighted by Crippen LogP contribution is -2.54. The number of nitrogens with zero attached hydrogens (tertiary/aromatic N) is 4. The summed E-state index contributed by atoms with van der Waals surface area (Å²) >= 11 is 0. The SMILES string of the molecule is C#C[C@@]1(OC)[C@H](OCC)[C@](CC)(CO)O[C@H]1n1cnc2c(NC(c3ccccc3)(c3ccccc3)c3ccc(OC)cc3)ncnc21. The molecule has 2 aromatic heterocycles. The van der Waals surface area contributed by atoms with E-state index in [-0.39, 0.29) is 6.61 Å². The summed E-state index contributed by atoms with van der Waals surface area (Å²) in [5, 5.41) is 14.4. The first kappa shape index (κ1) is 32.2. The molecule has 1 aliphatic rings. The van der Waals surface area contributed by atoms with Gasteiger partial charge in [0.15, 0.2) is 23.2 Å². The van der Waals surface area contributed by atoms with E-state index in [9.17, 15) is 5.11 Å². The van der Waals surface area contributed by atoms with Crippen LogP contribution in [-0.2, 0) is 19.7 Å². The van der Waals surface area contributed by atoms with Crippen molar-refractivity contribution in [2.75, 3.05) is 32.8 Å². The molecular weight excluding hydrogens is 594 g/mol. The van der Waals surface area contributed by atoms with Crippen LogP contribution in [0.15, 0.2) is 97.6 Å². The van der Waals surface area contributed by atoms with E-state index in [2.05, 4.69) is 40.5 Å². The van der Waals surface area contributed by atoms with Crippen LogP contribution in [0.5, 0.6) is 5.75 Å². The molecule has 1 aliphatic heterocycles. The lowest BCUT2D eigenvalue weighted by atomic mass is 9.77. The number of aliphatic hydroxyl groups is 1. The number of hydrogen-bond acceptors (Lipinski definition) is 9. The average molecular weight is 634 g/mol. The van der Waals surface area contributed by atoms with Crippen molar-refractivity contribution in [2.45, 2.75) is 49.3 Å². The molecule has 47 heavy (non-hydrogen) atoms. The van der Waals surface area contributed by atoms with Gasteiger partial charge in [-0.15, -0.1) is 6.42 Å². The topological polar surface area (TPSA) is 113 Å². The second-order valence-corrected chi connectivity index (χ2v) is 11.4. The molecule has 0 unspecified atom stereocenters. The summed E-state index contributed by atoms with van der Waals surface area (Å²) in [6, 6.07) is 28.3. The number of imidazole rings is 1. The van der Waals surface area contributed by atoms with Crippen molar-refractivity contribution in [3.63, 3.8) is 0 Å². The monoisotopic (exact) mass is 633 g/mol. The highest BCUT2D eigenvalue weighted by Crippen LogP contribution is 2.50. The number of ether oxygens (including phenoxy) is 4. The lowest BCUT2D eigenvalue weighted by molar-refractivity contribution is -0.140. The van der Waals surface area contributed by atoms with E-state index in [4.69, 9.17) is 35.3 Å². The maximum absolute atomic E-state index is 10.6. The van der Waals surface area contributed by atoms with Crippen molar-refractivity contribution in [3.05, 3.63) is 114 Å². The van der Waals surface area contributed by atoms with Gasteiger partial charge in [0, 0.05) is 13.7 Å². The summed E-state index contributed by atoms with van der Waals surface area (Å²) < 4.78 is 26.1. The zero-order valence-corrected chi connectivity index (χ0v) is 27.0. The highest BCUT2D eigenvalue weighted by atomic mass is 16.6. The Morgan fingerprint density at radius 1 is 0.936 bits per heavy atom. The molecule has 0 bridgehead atoms. The van der Waals surface area contributed by atoms with Gasteiger partial charge < -0.3 is 29.4 Å². The van der Waals surface area contributed by atoms with Crippen LogP contribution in [0, 0.1) is 12.3 Å². The summed E-state index contributed by atoms with van der Waals surface area (Å²) in [6.45, 7) is 3.82. The zero-order valence-electron chi connectivity index (χ0n) is 27.0. The number of terminal acetylenes is 1. The molecule has 5 aromatic rings. The second-order valence-electron chi connectivity index (χ2n) is 11.4. The van der Waals surface area contributed by atoms with Crippen LogP contribution in [-0.4, -0.2) is 69.4 Å². The molecule has 0 amide bonds. The van der Waals surface area contributed by atoms with Crippen molar-refractivity contribution in [1.82, 2.24) is 19.5 Å². The van der Waals surface area contributed by atoms with Gasteiger partial charge >= 0.3 is 0 Å². The minimum atomic E-state index is -1.39. The van der Waals surface area contributed by atoms with Crippen molar-refractivity contribution in [1.29, 1.82) is 0 Å². The normalized spacial score (nSPS) is 22.6. The maximum atomic E-state index is 10.6. The standard InChI is InChI=1S/C37H39N5O5/c1-6-35(23-43)33(46-8-3)36(7-2,45-5)34(47-35)42-25-40-30-31(38-24-39-32(30)42)41-37(26-15-11-9-12-16-26,27-17-13-10-14-18-27)28-19-21-29(44-4)22-20-28/h2,9-22,24-25,33-34,43H,6,8,23H2,1,3-5H3,(H,38,39,41)/t33-,34-,35+,36-/m1/s1. The van der Waals surface area contributed by atoms with Gasteiger partial charge in [0.25, 0.3) is 0 Å². The zero-order chi connectivity index (χ0) is 33.1. The molecule has 0 spiro atoms. The number of anilines is 1. The molecule has 0 radical (unpaired) electrons. The molecular formula is C37H39N5O5. The van der Waals surface area contributed by atoms with Crippen molar-refractivity contribution >= 4 is 17.0 Å². The van der Waals surface area contributed by atoms with Crippen LogP contribution in [0.2, 0.25) is 0 Å². The molecule has 1 fully saturated rings. The van der Waals surface area contributed by atoms with Gasteiger partial charge in [0.2, 0.25) is 5.60 Å². The number of aliphatic hydroxyl groups excluding tert-OH is 1. The van der Waals surface area contributed by atoms with Gasteiger partial charge in [-0.2, -0.15) is 0 Å². The van der Waals surface area contributed by atoms with E-state index in [1.807, 2.05) is 74.5 Å². The highest BCUT2D eigenvalue weighted by molar-refractivity contribution is 5.84. The summed E-state index contributed by atoms with van der Waals surface area (Å²) in [4.78, 5) is 14.2. The Morgan fingerprint density at radius 2 is 1.57 bits per heavy atom. The van der Waals surface area contributed by atoms with E-state index >= 15 is 0 Å². The Kier molecular flexibility index (Phi) is 8.99. The first-order valence-corrected chi connectivity index (χ1v) is 15.6. The van der Waals surface area contributed by atoms with Gasteiger partial charge in [0.05, 0.1) is 20.0 Å². The number of aromatic nitrogens is 4. The average Bonchev–Trinajstić information content (AvgIpc) is 3.69. The van der Waals surface area contributed by atoms with Gasteiger partial charge in [-0.05, 0) is 42.2 Å². The van der Waals surface area contributed by atoms with Crippen LogP contribution < -0.4 is 10.1 Å². The van der Waals surface area contributed by atoms with Crippen LogP contribution in [0.25, 0.3) is 11.2 Å². The minimum Gasteiger partial charge on any atom is -0.497 e. The predicted octanol–water partition coefficient (Wildman–Crippen LogP) is 5.33. The first-order chi connectivity index (χ1) is 23.0. The largest absolute Gasteiger partial charge is 0.497 e. The molecule has 1 saturated heterocycles. The number of methoxy groups -OCH3 is 2. The van der Waals surface area contributed by atoms with Crippen molar-refractivity contribution in [3.8, 4) is 18.1 Å². The molecule has 4 atom stereocenters. The molecule has 0 aliphatic carbocycles. The molecule has 0 saturated carbocycles. The molecule has 3 heterocycles. The molecule has 3 aromatic carbocycles. The third-order valence-corrected chi connectivity index (χ3v) is 9.20. The molecule has 10 heteroatoms. The molecule has 6 rings (SSSR count). The Hall–Kier alpha value is -4.79. The van der Waals surface area contributed by atoms with E-state index in [1.165, 1.54) is 13.4 Å². The smallest absolute Gasteiger partial charge is 0.202 e. The van der Waals surface area contributed by atoms with Gasteiger partial charge in [-0.25, -0.2) is 15.0 Å². The quantitative estimate of drug-likeness (QED) is 0.139. The third-order valence-electron chi connectivity index (χ3n) is 9.20. The van der Waals surface area contributed by atoms with Crippen molar-refractivity contribution < 1.29 is 24.1 Å². The second kappa shape index (κ2) is 13.1. The first-order valence-electron chi connectivity index (χ1n) is 15.6. The van der Waals surface area contributed by atoms with E-state index in [1.54, 1.807) is 18.0 Å². The van der Waals surface area contributed by atoms with Gasteiger partial charge in [-0.3, -0.25) is 4.57 Å². The predicted molar refractivity (Wildman–Crippen MR) is 179 cm³/mol. The summed E-state index contributed by atoms with van der Waals surface area (Å²) in [7, 11) is 3.17. The van der Waals surface area contributed by atoms with Gasteiger partial charge in [0.1, 0.15) is 29.3 Å². The molecule has 10 nitrogen and oxygen atoms in total. The number of rotatable bonds is 12. The number of nitrogens with one attached hydrogen (secondary N) is 1. The lowest BCUT2D eigenvalue weighted by Gasteiger charge is -2.37. The molecule has 2 N–H and O–H groups in total. The Balaban J connectivity index is 1.54. The Bertz CT molecular complexity index is 1800. The van der Waals surface area contributed by atoms with Crippen LogP contribution in [0.4, 0.5) is 5.82 Å². The number of fused-ring (bicyclic) bond motifs is 1. The fourth-order valence-electron chi connectivity index (χ4n) is 6.74. The number of hydrogen-bond donors (Lipinski definition) is 2. The van der Waals surface area contributed by atoms with Crippen LogP contribution >= 0.6 is 0 Å². The summed E-state index contributed by atoms with van der Waals surface area (Å²) in [5.74, 6) is 4.05. The van der Waals surface area contributed by atoms with E-state index < -0.39 is 29.1 Å². The molecule has 242 valence electrons. The maximum Gasteiger partial charge on any atom is 0.202 e. The van der Waals surface area contributed by atoms with E-state index in [0.29, 0.717) is 30.0 Å². The summed E-state index contributed by atoms with van der Waals surface area (Å²) in [5.41, 5.74) is 0.502. The van der Waals surface area contributed by atoms with Crippen LogP contribution in [0.3, 0.4) is 0 Å². The summed E-state index contributed by atoms with van der Waals surface area (Å²) in [6.07, 6.45) is 8.06. The Labute approximate surface area is 274 Å². The van der Waals surface area contributed by atoms with E-state index in [0.717, 1.165) is 22.4 Å². The Morgan fingerprint density at radius 3 is 2.11 bits per heavy atom. The third kappa shape index (κ3) is 5.12. The fourth-order valence-corrected chi connectivity index (χ4v) is 6.74. The van der Waals surface area contributed by atoms with Crippen molar-refractivity contribution in [2.24, 2.45) is 0 Å². The number of benzene rings is 3. The van der Waals surface area contributed by atoms with Crippen LogP contribution in [0.1, 0.15) is 43.2 Å². The highest BCUT2D eigenvalue weighted by Gasteiger charge is 2.65.